The van der Waals surface area contributed by atoms with Crippen LogP contribution in [0.2, 0.25) is 0 Å². The molecular formula is C20H10BrF4N5OS. The molecule has 6 nitrogen and oxygen atoms in total. The van der Waals surface area contributed by atoms with E-state index in [1.807, 2.05) is 0 Å². The second kappa shape index (κ2) is 7.71. The molecule has 0 bridgehead atoms. The van der Waals surface area contributed by atoms with Crippen molar-refractivity contribution in [2.45, 2.75) is 6.18 Å². The number of alkyl halides is 3. The Morgan fingerprint density at radius 3 is 2.56 bits per heavy atom. The number of benzene rings is 3. The third kappa shape index (κ3) is 3.98. The Morgan fingerprint density at radius 2 is 1.78 bits per heavy atom. The molecule has 32 heavy (non-hydrogen) atoms. The molecule has 0 unspecified atom stereocenters. The number of H-pyrrole nitrogens is 1. The Bertz CT molecular complexity index is 1470. The van der Waals surface area contributed by atoms with E-state index in [-0.39, 0.29) is 21.7 Å². The monoisotopic (exact) mass is 523 g/mol. The molecule has 2 heterocycles. The summed E-state index contributed by atoms with van der Waals surface area (Å²) >= 11 is 4.19. The van der Waals surface area contributed by atoms with Gasteiger partial charge in [0.1, 0.15) is 16.8 Å². The zero-order valence-corrected chi connectivity index (χ0v) is 18.1. The maximum Gasteiger partial charge on any atom is 0.416 e. The molecule has 5 aromatic rings. The van der Waals surface area contributed by atoms with Crippen LogP contribution in [0.4, 0.5) is 29.2 Å². The second-order valence-electron chi connectivity index (χ2n) is 6.72. The molecule has 162 valence electrons. The van der Waals surface area contributed by atoms with Crippen molar-refractivity contribution in [3.05, 3.63) is 64.4 Å². The number of hydrogen-bond donors (Lipinski definition) is 2. The van der Waals surface area contributed by atoms with Crippen molar-refractivity contribution in [3.63, 3.8) is 0 Å². The summed E-state index contributed by atoms with van der Waals surface area (Å²) in [5, 5.41) is 2.85. The topological polar surface area (TPSA) is 75.7 Å². The summed E-state index contributed by atoms with van der Waals surface area (Å²) < 4.78 is 67.7. The maximum absolute atomic E-state index is 14.6. The summed E-state index contributed by atoms with van der Waals surface area (Å²) in [6.45, 7) is 0. The van der Waals surface area contributed by atoms with Gasteiger partial charge < -0.3 is 15.0 Å². The molecular weight excluding hydrogens is 514 g/mol. The van der Waals surface area contributed by atoms with Crippen LogP contribution in [0, 0.1) is 5.82 Å². The molecule has 0 spiro atoms. The lowest BCUT2D eigenvalue weighted by molar-refractivity contribution is -0.137. The first-order chi connectivity index (χ1) is 15.3. The number of aromatic nitrogens is 4. The zero-order valence-electron chi connectivity index (χ0n) is 15.7. The fourth-order valence-corrected chi connectivity index (χ4v) is 4.11. The van der Waals surface area contributed by atoms with Crippen LogP contribution in [0.1, 0.15) is 5.56 Å². The standard InChI is InChI=1S/C20H10BrF4N5OS/c21-12-5-9(20(23,24)25)6-16-18(12)28-19(27-16)26-10-1-4-17(13(22)7-10)31-11-2-3-14-15(8-11)30-32-29-14/h1-8H,(H2,26,27,28). The van der Waals surface area contributed by atoms with Gasteiger partial charge in [0.2, 0.25) is 5.95 Å². The van der Waals surface area contributed by atoms with E-state index < -0.39 is 17.6 Å². The predicted molar refractivity (Wildman–Crippen MR) is 116 cm³/mol. The van der Waals surface area contributed by atoms with Crippen molar-refractivity contribution in [1.29, 1.82) is 0 Å². The highest BCUT2D eigenvalue weighted by atomic mass is 79.9. The number of hydrogen-bond acceptors (Lipinski definition) is 6. The molecule has 0 radical (unpaired) electrons. The smallest absolute Gasteiger partial charge is 0.416 e. The highest BCUT2D eigenvalue weighted by Crippen LogP contribution is 2.35. The first-order valence-corrected chi connectivity index (χ1v) is 10.5. The van der Waals surface area contributed by atoms with Gasteiger partial charge in [-0.2, -0.15) is 21.9 Å². The minimum atomic E-state index is -4.50. The summed E-state index contributed by atoms with van der Waals surface area (Å²) in [4.78, 5) is 7.00. The number of imidazole rings is 1. The van der Waals surface area contributed by atoms with Crippen molar-refractivity contribution in [3.8, 4) is 11.5 Å². The van der Waals surface area contributed by atoms with Gasteiger partial charge in [0.15, 0.2) is 11.6 Å². The van der Waals surface area contributed by atoms with Gasteiger partial charge in [-0.05, 0) is 52.3 Å². The molecule has 0 aliphatic rings. The molecule has 0 aliphatic carbocycles. The van der Waals surface area contributed by atoms with E-state index in [9.17, 15) is 17.6 Å². The predicted octanol–water partition coefficient (Wildman–Crippen LogP) is 7.02. The van der Waals surface area contributed by atoms with Gasteiger partial charge >= 0.3 is 6.18 Å². The first-order valence-electron chi connectivity index (χ1n) is 8.99. The second-order valence-corrected chi connectivity index (χ2v) is 8.11. The molecule has 0 amide bonds. The third-order valence-electron chi connectivity index (χ3n) is 4.52. The third-order valence-corrected chi connectivity index (χ3v) is 5.70. The van der Waals surface area contributed by atoms with Crippen molar-refractivity contribution >= 4 is 61.4 Å². The number of aromatic amines is 1. The number of nitrogens with one attached hydrogen (secondary N) is 2. The van der Waals surface area contributed by atoms with Gasteiger partial charge in [0.05, 0.1) is 28.3 Å². The van der Waals surface area contributed by atoms with Crippen LogP contribution < -0.4 is 10.1 Å². The van der Waals surface area contributed by atoms with Gasteiger partial charge in [0.25, 0.3) is 0 Å². The van der Waals surface area contributed by atoms with Crippen molar-refractivity contribution in [2.24, 2.45) is 0 Å². The zero-order chi connectivity index (χ0) is 22.5. The Balaban J connectivity index is 1.38. The van der Waals surface area contributed by atoms with E-state index in [1.54, 1.807) is 24.3 Å². The lowest BCUT2D eigenvalue weighted by atomic mass is 10.2. The van der Waals surface area contributed by atoms with Crippen molar-refractivity contribution < 1.29 is 22.3 Å². The van der Waals surface area contributed by atoms with Crippen LogP contribution in [-0.4, -0.2) is 18.7 Å². The van der Waals surface area contributed by atoms with E-state index in [4.69, 9.17) is 4.74 Å². The quantitative estimate of drug-likeness (QED) is 0.247. The average Bonchev–Trinajstić information content (AvgIpc) is 3.35. The molecule has 3 aromatic carbocycles. The molecule has 2 aromatic heterocycles. The van der Waals surface area contributed by atoms with Gasteiger partial charge in [-0.15, -0.1) is 0 Å². The Labute approximate surface area is 189 Å². The van der Waals surface area contributed by atoms with Crippen LogP contribution >= 0.6 is 27.7 Å². The molecule has 0 saturated heterocycles. The molecule has 0 aliphatic heterocycles. The summed E-state index contributed by atoms with van der Waals surface area (Å²) in [7, 11) is 0. The minimum absolute atomic E-state index is 0.000239. The lowest BCUT2D eigenvalue weighted by Crippen LogP contribution is -2.04. The Kier molecular flexibility index (Phi) is 4.97. The number of fused-ring (bicyclic) bond motifs is 2. The van der Waals surface area contributed by atoms with Crippen LogP contribution in [0.15, 0.2) is 53.0 Å². The van der Waals surface area contributed by atoms with E-state index >= 15 is 0 Å². The van der Waals surface area contributed by atoms with Crippen LogP contribution in [0.3, 0.4) is 0 Å². The fraction of sp³-hybridized carbons (Fsp3) is 0.0500. The average molecular weight is 524 g/mol. The molecule has 0 atom stereocenters. The van der Waals surface area contributed by atoms with Gasteiger partial charge in [-0.25, -0.2) is 9.37 Å². The number of rotatable bonds is 4. The van der Waals surface area contributed by atoms with Crippen molar-refractivity contribution in [1.82, 2.24) is 18.7 Å². The first kappa shape index (κ1) is 20.6. The fourth-order valence-electron chi connectivity index (χ4n) is 3.04. The number of halogens is 5. The minimum Gasteiger partial charge on any atom is -0.454 e. The number of nitrogens with zero attached hydrogens (tertiary/aromatic N) is 3. The maximum atomic E-state index is 14.6. The SMILES string of the molecule is Fc1cc(Nc2nc3cc(C(F)(F)F)cc(Br)c3[nH]2)ccc1Oc1ccc2nsnc2c1. The number of anilines is 2. The highest BCUT2D eigenvalue weighted by molar-refractivity contribution is 9.10. The van der Waals surface area contributed by atoms with Gasteiger partial charge in [-0.1, -0.05) is 0 Å². The number of ether oxygens (including phenoxy) is 1. The highest BCUT2D eigenvalue weighted by Gasteiger charge is 2.31. The molecule has 5 rings (SSSR count). The van der Waals surface area contributed by atoms with Crippen LogP contribution in [0.5, 0.6) is 11.5 Å². The lowest BCUT2D eigenvalue weighted by Gasteiger charge is -2.09. The Hall–Kier alpha value is -3.25. The van der Waals surface area contributed by atoms with Crippen molar-refractivity contribution in [2.75, 3.05) is 5.32 Å². The van der Waals surface area contributed by atoms with E-state index in [1.165, 1.54) is 12.1 Å². The van der Waals surface area contributed by atoms with E-state index in [2.05, 4.69) is 40.0 Å². The van der Waals surface area contributed by atoms with Crippen LogP contribution in [-0.2, 0) is 6.18 Å². The van der Waals surface area contributed by atoms with Gasteiger partial charge in [0, 0.05) is 22.3 Å². The van der Waals surface area contributed by atoms with E-state index in [0.29, 0.717) is 22.5 Å². The summed E-state index contributed by atoms with van der Waals surface area (Å²) in [6.07, 6.45) is -4.50. The van der Waals surface area contributed by atoms with Gasteiger partial charge in [-0.3, -0.25) is 0 Å². The van der Waals surface area contributed by atoms with Crippen LogP contribution in [0.25, 0.3) is 22.1 Å². The largest absolute Gasteiger partial charge is 0.454 e. The summed E-state index contributed by atoms with van der Waals surface area (Å²) in [5.74, 6) is -0.0644. The molecule has 12 heteroatoms. The summed E-state index contributed by atoms with van der Waals surface area (Å²) in [5.41, 5.74) is 1.38. The Morgan fingerprint density at radius 1 is 0.969 bits per heavy atom. The molecule has 0 saturated carbocycles. The summed E-state index contributed by atoms with van der Waals surface area (Å²) in [6, 6.07) is 11.1. The van der Waals surface area contributed by atoms with E-state index in [0.717, 1.165) is 29.4 Å². The normalized spacial score (nSPS) is 11.9. The molecule has 2 N–H and O–H groups in total. The molecule has 0 fully saturated rings.